The Labute approximate surface area is 156 Å². The fourth-order valence-corrected chi connectivity index (χ4v) is 3.02. The van der Waals surface area contributed by atoms with E-state index < -0.39 is 0 Å². The molecule has 0 aromatic heterocycles. The van der Waals surface area contributed by atoms with Crippen LogP contribution >= 0.6 is 0 Å². The first-order chi connectivity index (χ1) is 11.5. The molecule has 0 fully saturated rings. The van der Waals surface area contributed by atoms with Crippen molar-refractivity contribution in [2.45, 2.75) is 144 Å². The maximum atomic E-state index is 2.32. The van der Waals surface area contributed by atoms with E-state index >= 15 is 0 Å². The second-order valence-corrected chi connectivity index (χ2v) is 8.61. The van der Waals surface area contributed by atoms with E-state index in [1.807, 2.05) is 0 Å². The quantitative estimate of drug-likeness (QED) is 0.245. The topological polar surface area (TPSA) is 0 Å². The summed E-state index contributed by atoms with van der Waals surface area (Å²) in [6.45, 7) is 13.8. The Balaban J connectivity index is 0. The van der Waals surface area contributed by atoms with Gasteiger partial charge in [0.25, 0.3) is 0 Å². The average molecular weight is 341 g/mol. The minimum atomic E-state index is 0.903. The van der Waals surface area contributed by atoms with Crippen LogP contribution in [0.1, 0.15) is 144 Å². The predicted octanol–water partition coefficient (Wildman–Crippen LogP) is 9.57. The second kappa shape index (κ2) is 23.0. The minimum absolute atomic E-state index is 0.903. The highest BCUT2D eigenvalue weighted by atomic mass is 14.0. The summed E-state index contributed by atoms with van der Waals surface area (Å²) >= 11 is 0. The van der Waals surface area contributed by atoms with E-state index in [0.717, 1.165) is 11.8 Å². The first-order valence-corrected chi connectivity index (χ1v) is 11.5. The Bertz CT molecular complexity index is 170. The molecule has 0 rings (SSSR count). The van der Waals surface area contributed by atoms with Gasteiger partial charge in [-0.05, 0) is 11.8 Å². The molecule has 0 heteroatoms. The van der Waals surface area contributed by atoms with Gasteiger partial charge in [-0.2, -0.15) is 0 Å². The largest absolute Gasteiger partial charge is 0.0654 e. The van der Waals surface area contributed by atoms with Crippen molar-refractivity contribution in [3.8, 4) is 0 Å². The number of unbranched alkanes of at least 4 members (excludes halogenated alkanes) is 12. The first kappa shape index (κ1) is 26.2. The highest BCUT2D eigenvalue weighted by Crippen LogP contribution is 2.12. The molecule has 0 saturated heterocycles. The highest BCUT2D eigenvalue weighted by Gasteiger charge is 1.94. The van der Waals surface area contributed by atoms with E-state index in [-0.39, 0.29) is 0 Å². The fraction of sp³-hybridized carbons (Fsp3) is 1.00. The maximum absolute atomic E-state index is 2.32. The zero-order chi connectivity index (χ0) is 18.5. The SMILES string of the molecule is CCCCCCCCCC(C)C.CCCCCCCCCC(C)C. The molecule has 0 heterocycles. The summed E-state index contributed by atoms with van der Waals surface area (Å²) in [6.07, 6.45) is 23.0. The zero-order valence-corrected chi connectivity index (χ0v) is 18.5. The summed E-state index contributed by atoms with van der Waals surface area (Å²) in [7, 11) is 0. The molecule has 0 aliphatic heterocycles. The van der Waals surface area contributed by atoms with Gasteiger partial charge in [-0.1, -0.05) is 144 Å². The normalized spacial score (nSPS) is 11.0. The van der Waals surface area contributed by atoms with Crippen LogP contribution in [0.3, 0.4) is 0 Å². The Kier molecular flexibility index (Phi) is 25.1. The first-order valence-electron chi connectivity index (χ1n) is 11.5. The smallest absolute Gasteiger partial charge is 0.0471 e. The minimum Gasteiger partial charge on any atom is -0.0654 e. The second-order valence-electron chi connectivity index (χ2n) is 8.61. The number of hydrogen-bond acceptors (Lipinski definition) is 0. The predicted molar refractivity (Wildman–Crippen MR) is 115 cm³/mol. The highest BCUT2D eigenvalue weighted by molar-refractivity contribution is 4.49. The summed E-state index contributed by atoms with van der Waals surface area (Å²) in [6, 6.07) is 0. The lowest BCUT2D eigenvalue weighted by Crippen LogP contribution is -1.87. The van der Waals surface area contributed by atoms with Crippen LogP contribution < -0.4 is 0 Å². The molecule has 0 nitrogen and oxygen atoms in total. The molecule has 0 spiro atoms. The molecule has 0 bridgehead atoms. The van der Waals surface area contributed by atoms with Crippen molar-refractivity contribution in [2.24, 2.45) is 11.8 Å². The van der Waals surface area contributed by atoms with Gasteiger partial charge < -0.3 is 0 Å². The molecule has 0 N–H and O–H groups in total. The third-order valence-corrected chi connectivity index (χ3v) is 4.77. The van der Waals surface area contributed by atoms with Gasteiger partial charge in [-0.25, -0.2) is 0 Å². The van der Waals surface area contributed by atoms with Crippen molar-refractivity contribution >= 4 is 0 Å². The Morgan fingerprint density at radius 3 is 0.875 bits per heavy atom. The molecule has 0 aromatic rings. The third kappa shape index (κ3) is 29.9. The average Bonchev–Trinajstić information content (AvgIpc) is 2.53. The Hall–Kier alpha value is 0. The summed E-state index contributed by atoms with van der Waals surface area (Å²) in [5.41, 5.74) is 0. The zero-order valence-electron chi connectivity index (χ0n) is 18.5. The maximum Gasteiger partial charge on any atom is -0.0471 e. The molecule has 148 valence electrons. The summed E-state index contributed by atoms with van der Waals surface area (Å²) in [5, 5.41) is 0. The van der Waals surface area contributed by atoms with Gasteiger partial charge in [0.1, 0.15) is 0 Å². The van der Waals surface area contributed by atoms with Crippen molar-refractivity contribution in [3.63, 3.8) is 0 Å². The van der Waals surface area contributed by atoms with Crippen LogP contribution in [0.2, 0.25) is 0 Å². The van der Waals surface area contributed by atoms with E-state index in [0.29, 0.717) is 0 Å². The van der Waals surface area contributed by atoms with Crippen molar-refractivity contribution in [1.29, 1.82) is 0 Å². The molecule has 0 aliphatic rings. The molecule has 0 unspecified atom stereocenters. The molecule has 0 radical (unpaired) electrons. The Morgan fingerprint density at radius 1 is 0.375 bits per heavy atom. The molecule has 0 aromatic carbocycles. The molecular formula is C24H52. The van der Waals surface area contributed by atoms with E-state index in [1.54, 1.807) is 0 Å². The van der Waals surface area contributed by atoms with E-state index in [2.05, 4.69) is 41.5 Å². The molecule has 0 aliphatic carbocycles. The van der Waals surface area contributed by atoms with Crippen LogP contribution in [-0.2, 0) is 0 Å². The van der Waals surface area contributed by atoms with Crippen molar-refractivity contribution < 1.29 is 0 Å². The van der Waals surface area contributed by atoms with Crippen LogP contribution in [0.4, 0.5) is 0 Å². The van der Waals surface area contributed by atoms with Gasteiger partial charge in [0, 0.05) is 0 Å². The van der Waals surface area contributed by atoms with Crippen LogP contribution in [0, 0.1) is 11.8 Å². The van der Waals surface area contributed by atoms with Gasteiger partial charge in [0.2, 0.25) is 0 Å². The Morgan fingerprint density at radius 2 is 0.625 bits per heavy atom. The van der Waals surface area contributed by atoms with Gasteiger partial charge in [-0.3, -0.25) is 0 Å². The lowest BCUT2D eigenvalue weighted by atomic mass is 10.0. The van der Waals surface area contributed by atoms with Crippen LogP contribution in [0.15, 0.2) is 0 Å². The molecular weight excluding hydrogens is 288 g/mol. The summed E-state index contributed by atoms with van der Waals surface area (Å²) in [5.74, 6) is 1.81. The van der Waals surface area contributed by atoms with Crippen molar-refractivity contribution in [1.82, 2.24) is 0 Å². The standard InChI is InChI=1S/2C12H26/c2*1-4-5-6-7-8-9-10-11-12(2)3/h2*12H,4-11H2,1-3H3. The monoisotopic (exact) mass is 340 g/mol. The van der Waals surface area contributed by atoms with Gasteiger partial charge in [0.15, 0.2) is 0 Å². The van der Waals surface area contributed by atoms with Gasteiger partial charge in [-0.15, -0.1) is 0 Å². The molecule has 0 atom stereocenters. The van der Waals surface area contributed by atoms with Crippen molar-refractivity contribution in [2.75, 3.05) is 0 Å². The fourth-order valence-electron chi connectivity index (χ4n) is 3.02. The summed E-state index contributed by atoms with van der Waals surface area (Å²) in [4.78, 5) is 0. The van der Waals surface area contributed by atoms with Crippen LogP contribution in [0.25, 0.3) is 0 Å². The van der Waals surface area contributed by atoms with E-state index in [9.17, 15) is 0 Å². The number of rotatable bonds is 16. The van der Waals surface area contributed by atoms with E-state index in [1.165, 1.54) is 103 Å². The lowest BCUT2D eigenvalue weighted by molar-refractivity contribution is 0.511. The van der Waals surface area contributed by atoms with Crippen molar-refractivity contribution in [3.05, 3.63) is 0 Å². The lowest BCUT2D eigenvalue weighted by Gasteiger charge is -2.03. The number of hydrogen-bond donors (Lipinski definition) is 0. The third-order valence-electron chi connectivity index (χ3n) is 4.77. The molecule has 0 amide bonds. The molecule has 24 heavy (non-hydrogen) atoms. The van der Waals surface area contributed by atoms with Gasteiger partial charge in [0.05, 0.1) is 0 Å². The molecule has 0 saturated carbocycles. The van der Waals surface area contributed by atoms with E-state index in [4.69, 9.17) is 0 Å². The van der Waals surface area contributed by atoms with Crippen LogP contribution in [0.5, 0.6) is 0 Å². The summed E-state index contributed by atoms with van der Waals surface area (Å²) < 4.78 is 0. The van der Waals surface area contributed by atoms with Gasteiger partial charge >= 0.3 is 0 Å². The van der Waals surface area contributed by atoms with Crippen LogP contribution in [-0.4, -0.2) is 0 Å².